The van der Waals surface area contributed by atoms with Crippen LogP contribution in [0.15, 0.2) is 11.5 Å². The number of nitrogens with two attached hydrogens (primary N) is 1. The Hall–Kier alpha value is -1.32. The minimum absolute atomic E-state index is 0. The zero-order chi connectivity index (χ0) is 13.8. The van der Waals surface area contributed by atoms with Crippen molar-refractivity contribution in [1.29, 1.82) is 0 Å². The van der Waals surface area contributed by atoms with E-state index in [9.17, 15) is 14.7 Å². The molecule has 2 aliphatic rings. The van der Waals surface area contributed by atoms with Crippen molar-refractivity contribution in [3.8, 4) is 0 Å². The Labute approximate surface area is 123 Å². The van der Waals surface area contributed by atoms with Crippen LogP contribution in [0.4, 0.5) is 0 Å². The molecule has 8 nitrogen and oxygen atoms in total. The molecule has 0 aliphatic heterocycles. The van der Waals surface area contributed by atoms with Crippen molar-refractivity contribution in [2.45, 2.75) is 22.4 Å². The number of carboxylic acid groups (broad SMARTS) is 2. The standard InChI is InChI=1S/C10H12N4O4S.ClH/c11-10(8(17)18)1-3(19-9-12-2-13-14-9)4-5(6(4)10)7(15)16;/h2-6H,1,11H2,(H,15,16)(H,17,18)(H,12,13,14);1H. The number of hydrogen-bond donors (Lipinski definition) is 4. The molecule has 0 saturated heterocycles. The van der Waals surface area contributed by atoms with Gasteiger partial charge in [-0.1, -0.05) is 11.8 Å². The number of aliphatic carboxylic acids is 2. The molecule has 110 valence electrons. The summed E-state index contributed by atoms with van der Waals surface area (Å²) in [4.78, 5) is 26.4. The van der Waals surface area contributed by atoms with Gasteiger partial charge in [0.15, 0.2) is 0 Å². The topological polar surface area (TPSA) is 142 Å². The molecule has 0 spiro atoms. The maximum Gasteiger partial charge on any atom is 0.324 e. The Morgan fingerprint density at radius 1 is 1.50 bits per heavy atom. The molecule has 0 radical (unpaired) electrons. The van der Waals surface area contributed by atoms with E-state index in [2.05, 4.69) is 15.2 Å². The molecule has 0 amide bonds. The van der Waals surface area contributed by atoms with Crippen molar-refractivity contribution in [2.75, 3.05) is 0 Å². The molecule has 20 heavy (non-hydrogen) atoms. The van der Waals surface area contributed by atoms with Gasteiger partial charge in [-0.3, -0.25) is 14.7 Å². The van der Waals surface area contributed by atoms with E-state index in [1.807, 2.05) is 0 Å². The molecule has 2 saturated carbocycles. The van der Waals surface area contributed by atoms with Crippen LogP contribution in [0.2, 0.25) is 0 Å². The van der Waals surface area contributed by atoms with Gasteiger partial charge in [-0.05, 0) is 12.3 Å². The minimum atomic E-state index is -1.46. The fraction of sp³-hybridized carbons (Fsp3) is 0.600. The number of carbonyl (C=O) groups is 2. The summed E-state index contributed by atoms with van der Waals surface area (Å²) < 4.78 is 0. The molecule has 3 rings (SSSR count). The first kappa shape index (κ1) is 15.1. The number of aromatic amines is 1. The predicted molar refractivity (Wildman–Crippen MR) is 70.6 cm³/mol. The maximum atomic E-state index is 11.3. The second kappa shape index (κ2) is 4.90. The van der Waals surface area contributed by atoms with Gasteiger partial charge in [-0.2, -0.15) is 0 Å². The van der Waals surface area contributed by atoms with Crippen LogP contribution in [-0.2, 0) is 9.59 Å². The van der Waals surface area contributed by atoms with E-state index in [4.69, 9.17) is 10.8 Å². The van der Waals surface area contributed by atoms with Gasteiger partial charge < -0.3 is 15.9 Å². The van der Waals surface area contributed by atoms with E-state index in [0.717, 1.165) is 0 Å². The molecular formula is C10H13ClN4O4S. The summed E-state index contributed by atoms with van der Waals surface area (Å²) in [5.74, 6) is -3.51. The first-order chi connectivity index (χ1) is 8.95. The highest BCUT2D eigenvalue weighted by Gasteiger charge is 2.74. The SMILES string of the molecule is Cl.NC1(C(=O)O)CC(Sc2nc[nH]n2)C2C(C(=O)O)C21. The number of nitrogens with one attached hydrogen (secondary N) is 1. The lowest BCUT2D eigenvalue weighted by Crippen LogP contribution is -2.50. The maximum absolute atomic E-state index is 11.3. The van der Waals surface area contributed by atoms with Crippen LogP contribution in [-0.4, -0.2) is 48.1 Å². The number of carboxylic acids is 2. The molecule has 5 unspecified atom stereocenters. The lowest BCUT2D eigenvalue weighted by molar-refractivity contribution is -0.145. The quantitative estimate of drug-likeness (QED) is 0.598. The van der Waals surface area contributed by atoms with Crippen LogP contribution in [0.25, 0.3) is 0 Å². The van der Waals surface area contributed by atoms with Crippen LogP contribution in [0.1, 0.15) is 6.42 Å². The summed E-state index contributed by atoms with van der Waals surface area (Å²) in [7, 11) is 0. The van der Waals surface area contributed by atoms with Gasteiger partial charge in [-0.25, -0.2) is 4.98 Å². The van der Waals surface area contributed by atoms with E-state index < -0.39 is 29.3 Å². The number of aromatic nitrogens is 3. The second-order valence-corrected chi connectivity index (χ2v) is 6.16. The fourth-order valence-corrected chi connectivity index (χ4v) is 4.47. The molecule has 1 heterocycles. The summed E-state index contributed by atoms with van der Waals surface area (Å²) in [5.41, 5.74) is 4.45. The Morgan fingerprint density at radius 2 is 2.20 bits per heavy atom. The van der Waals surface area contributed by atoms with E-state index in [-0.39, 0.29) is 30.0 Å². The van der Waals surface area contributed by atoms with Crippen LogP contribution in [0, 0.1) is 17.8 Å². The third kappa shape index (κ3) is 2.05. The second-order valence-electron chi connectivity index (χ2n) is 4.95. The molecule has 0 aromatic carbocycles. The summed E-state index contributed by atoms with van der Waals surface area (Å²) in [6.45, 7) is 0. The summed E-state index contributed by atoms with van der Waals surface area (Å²) in [5, 5.41) is 25.1. The average molecular weight is 321 g/mol. The van der Waals surface area contributed by atoms with Crippen LogP contribution in [0.3, 0.4) is 0 Å². The molecule has 0 bridgehead atoms. The first-order valence-electron chi connectivity index (χ1n) is 5.72. The lowest BCUT2D eigenvalue weighted by atomic mass is 9.91. The number of fused-ring (bicyclic) bond motifs is 1. The summed E-state index contributed by atoms with van der Waals surface area (Å²) >= 11 is 1.29. The third-order valence-corrected chi connectivity index (χ3v) is 5.16. The average Bonchev–Trinajstić information content (AvgIpc) is 2.77. The summed E-state index contributed by atoms with van der Waals surface area (Å²) in [6, 6.07) is 0. The van der Waals surface area contributed by atoms with Crippen LogP contribution >= 0.6 is 24.2 Å². The summed E-state index contributed by atoms with van der Waals surface area (Å²) in [6.07, 6.45) is 1.66. The Morgan fingerprint density at radius 3 is 2.70 bits per heavy atom. The van der Waals surface area contributed by atoms with Gasteiger partial charge in [0.1, 0.15) is 11.9 Å². The smallest absolute Gasteiger partial charge is 0.324 e. The lowest BCUT2D eigenvalue weighted by Gasteiger charge is -2.23. The number of halogens is 1. The molecular weight excluding hydrogens is 308 g/mol. The van der Waals surface area contributed by atoms with Crippen molar-refractivity contribution >= 4 is 36.1 Å². The highest BCUT2D eigenvalue weighted by Crippen LogP contribution is 2.65. The highest BCUT2D eigenvalue weighted by molar-refractivity contribution is 7.99. The number of rotatable bonds is 4. The number of thioether (sulfide) groups is 1. The van der Waals surface area contributed by atoms with Crippen molar-refractivity contribution < 1.29 is 19.8 Å². The van der Waals surface area contributed by atoms with Gasteiger partial charge in [-0.15, -0.1) is 17.5 Å². The molecule has 5 atom stereocenters. The molecule has 2 aliphatic carbocycles. The Bertz CT molecular complexity index is 541. The zero-order valence-electron chi connectivity index (χ0n) is 10.1. The molecule has 1 aromatic rings. The number of H-pyrrole nitrogens is 1. The minimum Gasteiger partial charge on any atom is -0.481 e. The fourth-order valence-electron chi connectivity index (χ4n) is 3.12. The van der Waals surface area contributed by atoms with Gasteiger partial charge in [0, 0.05) is 11.2 Å². The highest BCUT2D eigenvalue weighted by atomic mass is 35.5. The normalized spacial score (nSPS) is 37.9. The number of nitrogens with zero attached hydrogens (tertiary/aromatic N) is 2. The van der Waals surface area contributed by atoms with Crippen LogP contribution < -0.4 is 5.73 Å². The van der Waals surface area contributed by atoms with Crippen molar-refractivity contribution in [1.82, 2.24) is 15.2 Å². The zero-order valence-corrected chi connectivity index (χ0v) is 11.7. The van der Waals surface area contributed by atoms with Gasteiger partial charge in [0.05, 0.1) is 5.92 Å². The molecule has 1 aromatic heterocycles. The van der Waals surface area contributed by atoms with Crippen molar-refractivity contribution in [2.24, 2.45) is 23.5 Å². The third-order valence-electron chi connectivity index (χ3n) is 3.97. The van der Waals surface area contributed by atoms with E-state index >= 15 is 0 Å². The number of hydrogen-bond acceptors (Lipinski definition) is 6. The molecule has 10 heteroatoms. The van der Waals surface area contributed by atoms with Gasteiger partial charge in [0.25, 0.3) is 0 Å². The van der Waals surface area contributed by atoms with Crippen LogP contribution in [0.5, 0.6) is 0 Å². The van der Waals surface area contributed by atoms with E-state index in [0.29, 0.717) is 5.16 Å². The van der Waals surface area contributed by atoms with Gasteiger partial charge in [0.2, 0.25) is 5.16 Å². The first-order valence-corrected chi connectivity index (χ1v) is 6.60. The van der Waals surface area contributed by atoms with Crippen molar-refractivity contribution in [3.63, 3.8) is 0 Å². The largest absolute Gasteiger partial charge is 0.481 e. The van der Waals surface area contributed by atoms with E-state index in [1.54, 1.807) is 0 Å². The van der Waals surface area contributed by atoms with Crippen molar-refractivity contribution in [3.05, 3.63) is 6.33 Å². The molecule has 5 N–H and O–H groups in total. The Balaban J connectivity index is 0.00000147. The van der Waals surface area contributed by atoms with Gasteiger partial charge >= 0.3 is 11.9 Å². The monoisotopic (exact) mass is 320 g/mol. The van der Waals surface area contributed by atoms with E-state index in [1.165, 1.54) is 18.1 Å². The molecule has 2 fully saturated rings. The predicted octanol–water partition coefficient (Wildman–Crippen LogP) is -0.180. The Kier molecular flexibility index (Phi) is 3.69.